The Kier molecular flexibility index (Phi) is 13.5. The van der Waals surface area contributed by atoms with Gasteiger partial charge >= 0.3 is 11.9 Å². The molecule has 0 aliphatic rings. The number of rotatable bonds is 6. The average molecular weight is 220 g/mol. The van der Waals surface area contributed by atoms with Crippen molar-refractivity contribution in [2.45, 2.75) is 12.8 Å². The fourth-order valence-corrected chi connectivity index (χ4v) is 0.392. The number of carbonyl (C=O) groups excluding carboxylic acids is 1. The molecule has 0 radical (unpaired) electrons. The Morgan fingerprint density at radius 2 is 1.87 bits per heavy atom. The van der Waals surface area contributed by atoms with Crippen LogP contribution in [0.2, 0.25) is 0 Å². The number of aliphatic hydroxyl groups is 2. The first-order valence-corrected chi connectivity index (χ1v) is 4.31. The number of hydrogen-bond acceptors (Lipinski definition) is 5. The normalized spacial score (nSPS) is 8.40. The first kappa shape index (κ1) is 16.0. The van der Waals surface area contributed by atoms with E-state index in [0.29, 0.717) is 6.42 Å². The zero-order valence-corrected chi connectivity index (χ0v) is 8.39. The van der Waals surface area contributed by atoms with E-state index in [1.807, 2.05) is 0 Å². The van der Waals surface area contributed by atoms with Gasteiger partial charge < -0.3 is 20.1 Å². The van der Waals surface area contributed by atoms with Crippen molar-refractivity contribution >= 4 is 11.9 Å². The first-order chi connectivity index (χ1) is 7.08. The predicted molar refractivity (Wildman–Crippen MR) is 52.2 cm³/mol. The molecule has 0 aromatic heterocycles. The van der Waals surface area contributed by atoms with E-state index in [1.165, 1.54) is 0 Å². The van der Waals surface area contributed by atoms with E-state index >= 15 is 0 Å². The van der Waals surface area contributed by atoms with Crippen LogP contribution in [0.3, 0.4) is 0 Å². The number of carboxylic acid groups (broad SMARTS) is 1. The summed E-state index contributed by atoms with van der Waals surface area (Å²) in [5.41, 5.74) is 0. The minimum Gasteiger partial charge on any atom is -0.481 e. The van der Waals surface area contributed by atoms with Crippen molar-refractivity contribution in [1.29, 1.82) is 0 Å². The molecule has 0 saturated heterocycles. The Bertz CT molecular complexity index is 189. The number of esters is 1. The molecule has 0 amide bonds. The van der Waals surface area contributed by atoms with E-state index in [2.05, 4.69) is 11.3 Å². The Morgan fingerprint density at radius 1 is 1.27 bits per heavy atom. The van der Waals surface area contributed by atoms with Crippen LogP contribution in [0.15, 0.2) is 12.7 Å². The first-order valence-electron chi connectivity index (χ1n) is 4.31. The smallest absolute Gasteiger partial charge is 0.330 e. The molecule has 88 valence electrons. The van der Waals surface area contributed by atoms with E-state index in [1.54, 1.807) is 0 Å². The molecule has 6 heteroatoms. The minimum absolute atomic E-state index is 0.0461. The lowest BCUT2D eigenvalue weighted by Crippen LogP contribution is -2.02. The molecule has 0 rings (SSSR count). The molecule has 3 N–H and O–H groups in total. The van der Waals surface area contributed by atoms with E-state index in [-0.39, 0.29) is 26.2 Å². The molecule has 0 heterocycles. The Labute approximate surface area is 87.8 Å². The van der Waals surface area contributed by atoms with Crippen LogP contribution in [0, 0.1) is 0 Å². The van der Waals surface area contributed by atoms with Gasteiger partial charge in [-0.15, -0.1) is 0 Å². The summed E-state index contributed by atoms with van der Waals surface area (Å²) in [6.45, 7) is 3.25. The van der Waals surface area contributed by atoms with Crippen LogP contribution in [-0.2, 0) is 14.3 Å². The van der Waals surface area contributed by atoms with Gasteiger partial charge in [0.05, 0.1) is 19.6 Å². The quantitative estimate of drug-likeness (QED) is 0.318. The average Bonchev–Trinajstić information content (AvgIpc) is 2.18. The van der Waals surface area contributed by atoms with Crippen LogP contribution in [0.5, 0.6) is 0 Å². The van der Waals surface area contributed by atoms with Gasteiger partial charge in [-0.1, -0.05) is 6.58 Å². The molecule has 0 bridgehead atoms. The van der Waals surface area contributed by atoms with Gasteiger partial charge in [-0.05, 0) is 0 Å². The molecule has 0 aliphatic carbocycles. The number of aliphatic carboxylic acids is 1. The fourth-order valence-electron chi connectivity index (χ4n) is 0.392. The summed E-state index contributed by atoms with van der Waals surface area (Å²) in [7, 11) is 0. The Hall–Kier alpha value is -1.40. The molecule has 0 aliphatic heterocycles. The van der Waals surface area contributed by atoms with Gasteiger partial charge in [-0.3, -0.25) is 4.79 Å². The summed E-state index contributed by atoms with van der Waals surface area (Å²) in [5.74, 6) is -1.40. The summed E-state index contributed by atoms with van der Waals surface area (Å²) < 4.78 is 4.51. The predicted octanol–water partition coefficient (Wildman–Crippen LogP) is -0.449. The van der Waals surface area contributed by atoms with Crippen LogP contribution in [0.25, 0.3) is 0 Å². The largest absolute Gasteiger partial charge is 0.481 e. The molecular weight excluding hydrogens is 204 g/mol. The summed E-state index contributed by atoms with van der Waals surface area (Å²) in [5, 5.41) is 23.8. The lowest BCUT2D eigenvalue weighted by Gasteiger charge is -1.96. The third-order valence-corrected chi connectivity index (χ3v) is 1.04. The second-order valence-corrected chi connectivity index (χ2v) is 2.32. The lowest BCUT2D eigenvalue weighted by molar-refractivity contribution is -0.138. The van der Waals surface area contributed by atoms with Crippen LogP contribution in [0.1, 0.15) is 12.8 Å². The standard InChI is InChI=1S/C6H10O3.C3H6O3/c1-2-6(8)9-5-3-4-7;4-2-1-3(5)6/h2,7H,1,3-5H2;4H,1-2H2,(H,5,6). The van der Waals surface area contributed by atoms with Crippen LogP contribution < -0.4 is 0 Å². The Balaban J connectivity index is 0. The fraction of sp³-hybridized carbons (Fsp3) is 0.556. The highest BCUT2D eigenvalue weighted by Crippen LogP contribution is 1.82. The third-order valence-electron chi connectivity index (χ3n) is 1.04. The highest BCUT2D eigenvalue weighted by molar-refractivity contribution is 5.81. The van der Waals surface area contributed by atoms with Crippen LogP contribution in [0.4, 0.5) is 0 Å². The molecule has 6 nitrogen and oxygen atoms in total. The molecule has 0 aromatic carbocycles. The molecule has 15 heavy (non-hydrogen) atoms. The van der Waals surface area contributed by atoms with E-state index < -0.39 is 11.9 Å². The molecule has 0 spiro atoms. The maximum Gasteiger partial charge on any atom is 0.330 e. The molecule has 0 atom stereocenters. The number of ether oxygens (including phenoxy) is 1. The van der Waals surface area contributed by atoms with Crippen molar-refractivity contribution in [3.63, 3.8) is 0 Å². The second kappa shape index (κ2) is 12.6. The van der Waals surface area contributed by atoms with Gasteiger partial charge in [0.1, 0.15) is 0 Å². The third kappa shape index (κ3) is 19.1. The van der Waals surface area contributed by atoms with Crippen LogP contribution >= 0.6 is 0 Å². The zero-order chi connectivity index (χ0) is 12.1. The maximum absolute atomic E-state index is 10.3. The summed E-state index contributed by atoms with van der Waals surface area (Å²) in [6.07, 6.45) is 1.43. The van der Waals surface area contributed by atoms with Crippen molar-refractivity contribution in [2.24, 2.45) is 0 Å². The van der Waals surface area contributed by atoms with Gasteiger partial charge in [-0.25, -0.2) is 4.79 Å². The highest BCUT2D eigenvalue weighted by atomic mass is 16.5. The highest BCUT2D eigenvalue weighted by Gasteiger charge is 1.91. The monoisotopic (exact) mass is 220 g/mol. The van der Waals surface area contributed by atoms with Crippen molar-refractivity contribution in [3.05, 3.63) is 12.7 Å². The summed E-state index contributed by atoms with van der Waals surface area (Å²) in [4.78, 5) is 19.7. The minimum atomic E-state index is -0.961. The summed E-state index contributed by atoms with van der Waals surface area (Å²) >= 11 is 0. The number of carbonyl (C=O) groups is 2. The lowest BCUT2D eigenvalue weighted by atomic mass is 10.5. The van der Waals surface area contributed by atoms with Crippen molar-refractivity contribution in [2.75, 3.05) is 19.8 Å². The molecule has 0 saturated carbocycles. The number of aliphatic hydroxyl groups excluding tert-OH is 2. The number of hydrogen-bond donors (Lipinski definition) is 3. The Morgan fingerprint density at radius 3 is 2.13 bits per heavy atom. The van der Waals surface area contributed by atoms with E-state index in [0.717, 1.165) is 6.08 Å². The van der Waals surface area contributed by atoms with Gasteiger partial charge in [-0.2, -0.15) is 0 Å². The molecular formula is C9H16O6. The van der Waals surface area contributed by atoms with Crippen molar-refractivity contribution in [1.82, 2.24) is 0 Å². The van der Waals surface area contributed by atoms with Crippen molar-refractivity contribution in [3.8, 4) is 0 Å². The van der Waals surface area contributed by atoms with Gasteiger partial charge in [0.2, 0.25) is 0 Å². The van der Waals surface area contributed by atoms with Crippen LogP contribution in [-0.4, -0.2) is 47.1 Å². The molecule has 0 unspecified atom stereocenters. The van der Waals surface area contributed by atoms with Gasteiger partial charge in [0, 0.05) is 19.1 Å². The van der Waals surface area contributed by atoms with Crippen molar-refractivity contribution < 1.29 is 29.6 Å². The van der Waals surface area contributed by atoms with Gasteiger partial charge in [0.15, 0.2) is 0 Å². The van der Waals surface area contributed by atoms with Gasteiger partial charge in [0.25, 0.3) is 0 Å². The zero-order valence-electron chi connectivity index (χ0n) is 8.39. The van der Waals surface area contributed by atoms with E-state index in [4.69, 9.17) is 15.3 Å². The van der Waals surface area contributed by atoms with E-state index in [9.17, 15) is 9.59 Å². The topological polar surface area (TPSA) is 104 Å². The SMILES string of the molecule is C=CC(=O)OCCCO.O=C(O)CCO. The summed E-state index contributed by atoms with van der Waals surface area (Å²) in [6, 6.07) is 0. The number of carboxylic acids is 1. The molecule has 0 aromatic rings. The second-order valence-electron chi connectivity index (χ2n) is 2.32. The maximum atomic E-state index is 10.3. The molecule has 0 fully saturated rings.